The van der Waals surface area contributed by atoms with Crippen molar-refractivity contribution in [3.63, 3.8) is 0 Å². The zero-order valence-electron chi connectivity index (χ0n) is 15.3. The number of carbonyl (C=O) groups excluding carboxylic acids is 2. The molecule has 0 aliphatic carbocycles. The summed E-state index contributed by atoms with van der Waals surface area (Å²) in [5, 5.41) is 7.67. The first kappa shape index (κ1) is 17.3. The van der Waals surface area contributed by atoms with Gasteiger partial charge in [-0.25, -0.2) is 0 Å². The third kappa shape index (κ3) is 3.08. The van der Waals surface area contributed by atoms with Crippen molar-refractivity contribution in [3.05, 3.63) is 65.7 Å². The Hall–Kier alpha value is -3.14. The van der Waals surface area contributed by atoms with Crippen LogP contribution in [-0.2, 0) is 0 Å². The van der Waals surface area contributed by atoms with Crippen molar-refractivity contribution >= 4 is 28.3 Å². The molecule has 136 valence electrons. The van der Waals surface area contributed by atoms with Crippen molar-refractivity contribution in [1.29, 1.82) is 0 Å². The largest absolute Gasteiger partial charge is 0.385 e. The average molecular weight is 358 g/mol. The number of rotatable bonds is 6. The Labute approximate surface area is 158 Å². The van der Waals surface area contributed by atoms with Crippen LogP contribution >= 0.6 is 0 Å². The normalized spacial score (nSPS) is 12.9. The Balaban J connectivity index is 1.97. The molecule has 1 aliphatic heterocycles. The predicted molar refractivity (Wildman–Crippen MR) is 109 cm³/mol. The van der Waals surface area contributed by atoms with Crippen LogP contribution in [0.3, 0.4) is 0 Å². The van der Waals surface area contributed by atoms with Gasteiger partial charge in [0.15, 0.2) is 0 Å². The molecule has 0 aromatic heterocycles. The van der Waals surface area contributed by atoms with Gasteiger partial charge >= 0.3 is 0 Å². The highest BCUT2D eigenvalue weighted by atomic mass is 16.2. The van der Waals surface area contributed by atoms with Crippen LogP contribution in [-0.4, -0.2) is 18.4 Å². The lowest BCUT2D eigenvalue weighted by Crippen LogP contribution is -2.35. The Bertz CT molecular complexity index is 1030. The number of anilines is 1. The van der Waals surface area contributed by atoms with Gasteiger partial charge in [-0.05, 0) is 29.5 Å². The van der Waals surface area contributed by atoms with Gasteiger partial charge in [-0.15, -0.1) is 0 Å². The highest BCUT2D eigenvalue weighted by Crippen LogP contribution is 2.40. The molecule has 0 fully saturated rings. The maximum absolute atomic E-state index is 12.8. The quantitative estimate of drug-likeness (QED) is 0.482. The molecule has 0 spiro atoms. The standard InChI is InChI=1S/C23H22N2O2/c1-2-3-7-13-24-18-14-16-11-8-12-17-19(16)21(23(27)25-22(17)26)20(18)15-9-5-4-6-10-15/h4-6,8-12,14,24H,2-3,7,13H2,1H3,(H,25,26,27). The minimum atomic E-state index is -0.334. The lowest BCUT2D eigenvalue weighted by molar-refractivity contribution is 0.0845. The van der Waals surface area contributed by atoms with Crippen LogP contribution in [0.4, 0.5) is 5.69 Å². The van der Waals surface area contributed by atoms with Gasteiger partial charge < -0.3 is 5.32 Å². The van der Waals surface area contributed by atoms with Gasteiger partial charge in [-0.1, -0.05) is 62.2 Å². The van der Waals surface area contributed by atoms with E-state index in [2.05, 4.69) is 23.6 Å². The summed E-state index contributed by atoms with van der Waals surface area (Å²) in [7, 11) is 0. The summed E-state index contributed by atoms with van der Waals surface area (Å²) in [6.07, 6.45) is 3.39. The third-order valence-electron chi connectivity index (χ3n) is 5.02. The van der Waals surface area contributed by atoms with Crippen LogP contribution in [0.2, 0.25) is 0 Å². The predicted octanol–water partition coefficient (Wildman–Crippen LogP) is 4.99. The molecule has 0 unspecified atom stereocenters. The Morgan fingerprint density at radius 2 is 1.70 bits per heavy atom. The molecule has 1 aliphatic rings. The molecule has 27 heavy (non-hydrogen) atoms. The van der Waals surface area contributed by atoms with Crippen LogP contribution in [0.1, 0.15) is 46.9 Å². The topological polar surface area (TPSA) is 58.2 Å². The maximum Gasteiger partial charge on any atom is 0.259 e. The second-order valence-electron chi connectivity index (χ2n) is 6.86. The lowest BCUT2D eigenvalue weighted by Gasteiger charge is -2.23. The molecule has 0 radical (unpaired) electrons. The first-order chi connectivity index (χ1) is 13.2. The van der Waals surface area contributed by atoms with E-state index in [9.17, 15) is 9.59 Å². The summed E-state index contributed by atoms with van der Waals surface area (Å²) in [5.74, 6) is -0.666. The van der Waals surface area contributed by atoms with Crippen molar-refractivity contribution < 1.29 is 9.59 Å². The number of unbranched alkanes of at least 4 members (excludes halogenated alkanes) is 2. The SMILES string of the molecule is CCCCCNc1cc2cccc3c2c(c1-c1ccccc1)C(=O)NC3=O. The fourth-order valence-electron chi connectivity index (χ4n) is 3.75. The highest BCUT2D eigenvalue weighted by Gasteiger charge is 2.29. The van der Waals surface area contributed by atoms with Gasteiger partial charge in [0.1, 0.15) is 0 Å². The Kier molecular flexibility index (Phi) is 4.63. The van der Waals surface area contributed by atoms with Crippen molar-refractivity contribution in [2.75, 3.05) is 11.9 Å². The van der Waals surface area contributed by atoms with E-state index < -0.39 is 0 Å². The summed E-state index contributed by atoms with van der Waals surface area (Å²) in [6, 6.07) is 17.5. The molecular formula is C23H22N2O2. The number of carbonyl (C=O) groups is 2. The molecule has 3 aromatic carbocycles. The summed E-state index contributed by atoms with van der Waals surface area (Å²) in [5.41, 5.74) is 3.88. The highest BCUT2D eigenvalue weighted by molar-refractivity contribution is 6.29. The molecule has 4 heteroatoms. The number of amides is 2. The zero-order valence-corrected chi connectivity index (χ0v) is 15.3. The van der Waals surface area contributed by atoms with Crippen molar-refractivity contribution in [2.45, 2.75) is 26.2 Å². The van der Waals surface area contributed by atoms with Crippen LogP contribution < -0.4 is 10.6 Å². The molecule has 4 nitrogen and oxygen atoms in total. The summed E-state index contributed by atoms with van der Waals surface area (Å²) >= 11 is 0. The van der Waals surface area contributed by atoms with Crippen LogP contribution in [0.5, 0.6) is 0 Å². The van der Waals surface area contributed by atoms with Gasteiger partial charge in [0.25, 0.3) is 11.8 Å². The third-order valence-corrected chi connectivity index (χ3v) is 5.02. The zero-order chi connectivity index (χ0) is 18.8. The molecule has 0 saturated heterocycles. The summed E-state index contributed by atoms with van der Waals surface area (Å²) < 4.78 is 0. The number of nitrogens with one attached hydrogen (secondary N) is 2. The number of hydrogen-bond acceptors (Lipinski definition) is 3. The van der Waals surface area contributed by atoms with E-state index in [4.69, 9.17) is 0 Å². The van der Waals surface area contributed by atoms with Crippen molar-refractivity contribution in [2.24, 2.45) is 0 Å². The smallest absolute Gasteiger partial charge is 0.259 e. The maximum atomic E-state index is 12.8. The molecule has 2 N–H and O–H groups in total. The van der Waals surface area contributed by atoms with Gasteiger partial charge in [-0.3, -0.25) is 14.9 Å². The van der Waals surface area contributed by atoms with E-state index in [1.165, 1.54) is 0 Å². The van der Waals surface area contributed by atoms with Crippen LogP contribution in [0.25, 0.3) is 21.9 Å². The summed E-state index contributed by atoms with van der Waals surface area (Å²) in [6.45, 7) is 3.03. The number of benzene rings is 3. The first-order valence-corrected chi connectivity index (χ1v) is 9.45. The molecule has 3 aromatic rings. The van der Waals surface area contributed by atoms with Gasteiger partial charge in [0.2, 0.25) is 0 Å². The Morgan fingerprint density at radius 1 is 0.889 bits per heavy atom. The van der Waals surface area contributed by atoms with E-state index >= 15 is 0 Å². The fourth-order valence-corrected chi connectivity index (χ4v) is 3.75. The molecule has 0 atom stereocenters. The minimum absolute atomic E-state index is 0.333. The summed E-state index contributed by atoms with van der Waals surface area (Å²) in [4.78, 5) is 25.2. The molecule has 2 amide bonds. The van der Waals surface area contributed by atoms with Crippen LogP contribution in [0, 0.1) is 0 Å². The van der Waals surface area contributed by atoms with Crippen molar-refractivity contribution in [3.8, 4) is 11.1 Å². The minimum Gasteiger partial charge on any atom is -0.385 e. The van der Waals surface area contributed by atoms with E-state index in [1.807, 2.05) is 42.5 Å². The fraction of sp³-hybridized carbons (Fsp3) is 0.217. The monoisotopic (exact) mass is 358 g/mol. The van der Waals surface area contributed by atoms with E-state index in [-0.39, 0.29) is 11.8 Å². The second kappa shape index (κ2) is 7.23. The van der Waals surface area contributed by atoms with E-state index in [0.29, 0.717) is 11.1 Å². The first-order valence-electron chi connectivity index (χ1n) is 9.45. The number of hydrogen-bond donors (Lipinski definition) is 2. The van der Waals surface area contributed by atoms with Crippen LogP contribution in [0.15, 0.2) is 54.6 Å². The molecule has 4 rings (SSSR count). The molecule has 0 saturated carbocycles. The molecule has 1 heterocycles. The molecular weight excluding hydrogens is 336 g/mol. The second-order valence-corrected chi connectivity index (χ2v) is 6.86. The average Bonchev–Trinajstić information content (AvgIpc) is 2.69. The van der Waals surface area contributed by atoms with E-state index in [0.717, 1.165) is 53.4 Å². The number of imide groups is 1. The molecule has 0 bridgehead atoms. The van der Waals surface area contributed by atoms with Crippen molar-refractivity contribution in [1.82, 2.24) is 5.32 Å². The Morgan fingerprint density at radius 3 is 2.48 bits per heavy atom. The van der Waals surface area contributed by atoms with Gasteiger partial charge in [-0.2, -0.15) is 0 Å². The van der Waals surface area contributed by atoms with Gasteiger partial charge in [0, 0.05) is 28.7 Å². The lowest BCUT2D eigenvalue weighted by atomic mass is 9.87. The van der Waals surface area contributed by atoms with Gasteiger partial charge in [0.05, 0.1) is 5.56 Å². The van der Waals surface area contributed by atoms with E-state index in [1.54, 1.807) is 6.07 Å².